The Labute approximate surface area is 135 Å². The fraction of sp³-hybridized carbons (Fsp3) is 0. The molecule has 2 aromatic rings. The lowest BCUT2D eigenvalue weighted by atomic mass is 10.2. The summed E-state index contributed by atoms with van der Waals surface area (Å²) in [5.41, 5.74) is 0.561. The molecule has 0 aliphatic carbocycles. The van der Waals surface area contributed by atoms with E-state index in [0.717, 1.165) is 6.20 Å². The number of benzene rings is 1. The summed E-state index contributed by atoms with van der Waals surface area (Å²) in [6.07, 6.45) is 3.92. The molecule has 112 valence electrons. The van der Waals surface area contributed by atoms with Crippen LogP contribution in [0.25, 0.3) is 6.08 Å². The molecule has 0 atom stereocenters. The van der Waals surface area contributed by atoms with E-state index in [2.05, 4.69) is 10.3 Å². The van der Waals surface area contributed by atoms with Crippen molar-refractivity contribution in [2.45, 2.75) is 0 Å². The predicted molar refractivity (Wildman–Crippen MR) is 85.0 cm³/mol. The molecule has 1 heterocycles. The van der Waals surface area contributed by atoms with Gasteiger partial charge in [0.25, 0.3) is 5.69 Å². The molecule has 1 aromatic carbocycles. The van der Waals surface area contributed by atoms with Gasteiger partial charge < -0.3 is 5.32 Å². The Morgan fingerprint density at radius 1 is 1.23 bits per heavy atom. The molecular weight excluding hydrogens is 329 g/mol. The monoisotopic (exact) mass is 337 g/mol. The summed E-state index contributed by atoms with van der Waals surface area (Å²) in [4.78, 5) is 25.4. The largest absolute Gasteiger partial charge is 0.307 e. The first kappa shape index (κ1) is 15.9. The Morgan fingerprint density at radius 2 is 2.00 bits per heavy atom. The zero-order valence-corrected chi connectivity index (χ0v) is 12.5. The van der Waals surface area contributed by atoms with Gasteiger partial charge in [-0.15, -0.1) is 0 Å². The standard InChI is InChI=1S/C14H9Cl2N3O3/c15-11-4-1-9(7-12(11)16)2-6-14(20)18-13-5-3-10(8-17-13)19(21)22/h1-8H,(H,17,18,20)/b6-2+. The molecule has 0 bridgehead atoms. The van der Waals surface area contributed by atoms with Gasteiger partial charge in [0, 0.05) is 12.1 Å². The summed E-state index contributed by atoms with van der Waals surface area (Å²) >= 11 is 11.7. The fourth-order valence-corrected chi connectivity index (χ4v) is 1.83. The second-order valence-corrected chi connectivity index (χ2v) is 4.97. The highest BCUT2D eigenvalue weighted by atomic mass is 35.5. The number of aromatic nitrogens is 1. The van der Waals surface area contributed by atoms with E-state index in [4.69, 9.17) is 23.2 Å². The number of hydrogen-bond donors (Lipinski definition) is 1. The molecule has 1 aromatic heterocycles. The van der Waals surface area contributed by atoms with Gasteiger partial charge in [-0.25, -0.2) is 4.98 Å². The third kappa shape index (κ3) is 4.28. The lowest BCUT2D eigenvalue weighted by Crippen LogP contribution is -2.09. The van der Waals surface area contributed by atoms with Gasteiger partial charge in [-0.05, 0) is 29.8 Å². The number of carbonyl (C=O) groups is 1. The third-order valence-electron chi connectivity index (χ3n) is 2.58. The van der Waals surface area contributed by atoms with Crippen LogP contribution in [0.1, 0.15) is 5.56 Å². The van der Waals surface area contributed by atoms with Crippen LogP contribution in [-0.2, 0) is 4.79 Å². The van der Waals surface area contributed by atoms with Gasteiger partial charge in [0.1, 0.15) is 12.0 Å². The maximum absolute atomic E-state index is 11.7. The molecule has 0 aliphatic heterocycles. The molecule has 22 heavy (non-hydrogen) atoms. The van der Waals surface area contributed by atoms with Gasteiger partial charge in [-0.1, -0.05) is 29.3 Å². The van der Waals surface area contributed by atoms with Crippen molar-refractivity contribution in [2.75, 3.05) is 5.32 Å². The van der Waals surface area contributed by atoms with Crippen LogP contribution in [-0.4, -0.2) is 15.8 Å². The zero-order chi connectivity index (χ0) is 16.1. The Morgan fingerprint density at radius 3 is 2.59 bits per heavy atom. The summed E-state index contributed by atoms with van der Waals surface area (Å²) < 4.78 is 0. The predicted octanol–water partition coefficient (Wildman–Crippen LogP) is 3.95. The number of rotatable bonds is 4. The number of nitrogens with one attached hydrogen (secondary N) is 1. The number of nitro groups is 1. The molecule has 1 N–H and O–H groups in total. The molecular formula is C14H9Cl2N3O3. The highest BCUT2D eigenvalue weighted by Gasteiger charge is 2.06. The van der Waals surface area contributed by atoms with E-state index >= 15 is 0 Å². The highest BCUT2D eigenvalue weighted by molar-refractivity contribution is 6.42. The van der Waals surface area contributed by atoms with E-state index in [-0.39, 0.29) is 11.5 Å². The van der Waals surface area contributed by atoms with Crippen LogP contribution in [0.15, 0.2) is 42.6 Å². The van der Waals surface area contributed by atoms with E-state index < -0.39 is 10.8 Å². The molecule has 8 heteroatoms. The Kier molecular flexibility index (Phi) is 5.08. The van der Waals surface area contributed by atoms with Crippen molar-refractivity contribution in [3.8, 4) is 0 Å². The number of anilines is 1. The van der Waals surface area contributed by atoms with E-state index in [9.17, 15) is 14.9 Å². The van der Waals surface area contributed by atoms with E-state index in [1.54, 1.807) is 24.3 Å². The first-order chi connectivity index (χ1) is 10.5. The minimum atomic E-state index is -0.567. The quantitative estimate of drug-likeness (QED) is 0.520. The maximum atomic E-state index is 11.7. The first-order valence-electron chi connectivity index (χ1n) is 6.00. The average molecular weight is 338 g/mol. The molecule has 0 radical (unpaired) electrons. The molecule has 2 rings (SSSR count). The minimum absolute atomic E-state index is 0.149. The topological polar surface area (TPSA) is 85.1 Å². The van der Waals surface area contributed by atoms with Crippen LogP contribution >= 0.6 is 23.2 Å². The molecule has 0 saturated carbocycles. The number of hydrogen-bond acceptors (Lipinski definition) is 4. The summed E-state index contributed by atoms with van der Waals surface area (Å²) in [5.74, 6) is -0.207. The van der Waals surface area contributed by atoms with Gasteiger partial charge in [0.05, 0.1) is 15.0 Å². The number of pyridine rings is 1. The third-order valence-corrected chi connectivity index (χ3v) is 3.32. The minimum Gasteiger partial charge on any atom is -0.307 e. The van der Waals surface area contributed by atoms with Crippen molar-refractivity contribution in [2.24, 2.45) is 0 Å². The molecule has 0 saturated heterocycles. The lowest BCUT2D eigenvalue weighted by Gasteiger charge is -2.01. The average Bonchev–Trinajstić information content (AvgIpc) is 2.49. The Balaban J connectivity index is 2.01. The highest BCUT2D eigenvalue weighted by Crippen LogP contribution is 2.23. The second kappa shape index (κ2) is 7.02. The zero-order valence-electron chi connectivity index (χ0n) is 11.0. The SMILES string of the molecule is O=C(/C=C/c1ccc(Cl)c(Cl)c1)Nc1ccc([N+](=O)[O-])cn1. The second-order valence-electron chi connectivity index (χ2n) is 4.15. The summed E-state index contributed by atoms with van der Waals surface area (Å²) in [6.45, 7) is 0. The smallest absolute Gasteiger partial charge is 0.287 e. The van der Waals surface area contributed by atoms with Crippen LogP contribution in [0.3, 0.4) is 0 Å². The first-order valence-corrected chi connectivity index (χ1v) is 6.76. The van der Waals surface area contributed by atoms with Crippen molar-refractivity contribution in [3.05, 3.63) is 68.3 Å². The van der Waals surface area contributed by atoms with E-state index in [1.165, 1.54) is 18.2 Å². The fourth-order valence-electron chi connectivity index (χ4n) is 1.52. The summed E-state index contributed by atoms with van der Waals surface area (Å²) in [7, 11) is 0. The van der Waals surface area contributed by atoms with E-state index in [0.29, 0.717) is 15.6 Å². The number of nitrogens with zero attached hydrogens (tertiary/aromatic N) is 2. The van der Waals surface area contributed by atoms with Crippen molar-refractivity contribution in [1.29, 1.82) is 0 Å². The normalized spacial score (nSPS) is 10.6. The Hall–Kier alpha value is -2.44. The molecule has 6 nitrogen and oxygen atoms in total. The van der Waals surface area contributed by atoms with Crippen LogP contribution in [0.4, 0.5) is 11.5 Å². The number of amides is 1. The van der Waals surface area contributed by atoms with Gasteiger partial charge in [-0.2, -0.15) is 0 Å². The lowest BCUT2D eigenvalue weighted by molar-refractivity contribution is -0.385. The van der Waals surface area contributed by atoms with Crippen molar-refractivity contribution in [3.63, 3.8) is 0 Å². The molecule has 0 spiro atoms. The molecule has 1 amide bonds. The van der Waals surface area contributed by atoms with Crippen LogP contribution in [0.5, 0.6) is 0 Å². The summed E-state index contributed by atoms with van der Waals surface area (Å²) in [5, 5.41) is 13.8. The molecule has 0 aliphatic rings. The van der Waals surface area contributed by atoms with Crippen LogP contribution < -0.4 is 5.32 Å². The maximum Gasteiger partial charge on any atom is 0.287 e. The van der Waals surface area contributed by atoms with Crippen molar-refractivity contribution >= 4 is 46.7 Å². The van der Waals surface area contributed by atoms with Crippen molar-refractivity contribution in [1.82, 2.24) is 4.98 Å². The molecule has 0 unspecified atom stereocenters. The molecule has 0 fully saturated rings. The van der Waals surface area contributed by atoms with Crippen LogP contribution in [0.2, 0.25) is 10.0 Å². The summed E-state index contributed by atoms with van der Waals surface area (Å²) in [6, 6.07) is 7.56. The van der Waals surface area contributed by atoms with Gasteiger partial charge >= 0.3 is 0 Å². The van der Waals surface area contributed by atoms with Gasteiger partial charge in [-0.3, -0.25) is 14.9 Å². The Bertz CT molecular complexity index is 745. The van der Waals surface area contributed by atoms with Gasteiger partial charge in [0.15, 0.2) is 0 Å². The number of carbonyl (C=O) groups excluding carboxylic acids is 1. The van der Waals surface area contributed by atoms with E-state index in [1.807, 2.05) is 0 Å². The van der Waals surface area contributed by atoms with Crippen molar-refractivity contribution < 1.29 is 9.72 Å². The van der Waals surface area contributed by atoms with Crippen LogP contribution in [0, 0.1) is 10.1 Å². The van der Waals surface area contributed by atoms with Gasteiger partial charge in [0.2, 0.25) is 5.91 Å². The number of halogens is 2.